The number of carbonyl (C=O) groups excluding carboxylic acids is 1. The lowest BCUT2D eigenvalue weighted by atomic mass is 10.0. The van der Waals surface area contributed by atoms with Crippen molar-refractivity contribution < 1.29 is 32.9 Å². The maximum absolute atomic E-state index is 13.0. The van der Waals surface area contributed by atoms with Crippen molar-refractivity contribution in [2.75, 3.05) is 40.9 Å². The fourth-order valence-corrected chi connectivity index (χ4v) is 9.76. The third-order valence-corrected chi connectivity index (χ3v) is 14.8. The highest BCUT2D eigenvalue weighted by Gasteiger charge is 2.28. The predicted molar refractivity (Wildman–Crippen MR) is 314 cm³/mol. The van der Waals surface area contributed by atoms with Crippen molar-refractivity contribution in [2.24, 2.45) is 0 Å². The Hall–Kier alpha value is -1.80. The van der Waals surface area contributed by atoms with E-state index in [0.29, 0.717) is 30.3 Å². The second-order valence-corrected chi connectivity index (χ2v) is 23.5. The van der Waals surface area contributed by atoms with Crippen molar-refractivity contribution in [3.63, 3.8) is 0 Å². The number of hydrogen-bond donors (Lipinski definition) is 3. The first kappa shape index (κ1) is 70.2. The summed E-state index contributed by atoms with van der Waals surface area (Å²) in [5, 5.41) is 14.0. The molecule has 422 valence electrons. The van der Waals surface area contributed by atoms with Crippen LogP contribution in [-0.4, -0.2) is 73.4 Å². The van der Waals surface area contributed by atoms with Gasteiger partial charge in [0, 0.05) is 6.42 Å². The molecular weight excluding hydrogens is 912 g/mol. The van der Waals surface area contributed by atoms with Crippen LogP contribution in [0.1, 0.15) is 284 Å². The van der Waals surface area contributed by atoms with E-state index in [4.69, 9.17) is 9.05 Å². The molecule has 0 radical (unpaired) electrons. The summed E-state index contributed by atoms with van der Waals surface area (Å²) in [5.74, 6) is -0.199. The van der Waals surface area contributed by atoms with Crippen molar-refractivity contribution in [3.8, 4) is 0 Å². The van der Waals surface area contributed by atoms with Gasteiger partial charge in [0.25, 0.3) is 0 Å². The van der Waals surface area contributed by atoms with Crippen LogP contribution in [-0.2, 0) is 18.4 Å². The van der Waals surface area contributed by atoms with Crippen molar-refractivity contribution in [3.05, 3.63) is 60.8 Å². The lowest BCUT2D eigenvalue weighted by Crippen LogP contribution is -2.46. The third kappa shape index (κ3) is 55.9. The van der Waals surface area contributed by atoms with Gasteiger partial charge in [-0.25, -0.2) is 4.57 Å². The highest BCUT2D eigenvalue weighted by atomic mass is 31.2. The molecule has 0 saturated heterocycles. The highest BCUT2D eigenvalue weighted by Crippen LogP contribution is 2.43. The fraction of sp³-hybridized carbons (Fsp3) is 0.825. The van der Waals surface area contributed by atoms with Gasteiger partial charge in [0.15, 0.2) is 0 Å². The number of phosphoric ester groups is 1. The molecule has 3 atom stereocenters. The second kappa shape index (κ2) is 54.0. The second-order valence-electron chi connectivity index (χ2n) is 22.1. The Bertz CT molecular complexity index is 1360. The summed E-state index contributed by atoms with van der Waals surface area (Å²) in [7, 11) is 1.58. The lowest BCUT2D eigenvalue weighted by molar-refractivity contribution is -0.870. The molecule has 3 unspecified atom stereocenters. The van der Waals surface area contributed by atoms with Crippen LogP contribution in [0, 0.1) is 0 Å². The molecular formula is C63H120N2O6P+. The number of rotatable bonds is 56. The normalized spacial score (nSPS) is 14.3. The van der Waals surface area contributed by atoms with Gasteiger partial charge in [-0.05, 0) is 51.4 Å². The number of nitrogens with zero attached hydrogens (tertiary/aromatic N) is 1. The van der Waals surface area contributed by atoms with Gasteiger partial charge >= 0.3 is 7.82 Å². The Morgan fingerprint density at radius 1 is 0.486 bits per heavy atom. The molecule has 9 heteroatoms. The molecule has 0 aromatic carbocycles. The molecule has 0 aliphatic carbocycles. The van der Waals surface area contributed by atoms with Crippen molar-refractivity contribution >= 4 is 13.7 Å². The molecule has 0 bridgehead atoms. The van der Waals surface area contributed by atoms with Gasteiger partial charge < -0.3 is 19.8 Å². The van der Waals surface area contributed by atoms with E-state index in [1.807, 2.05) is 21.1 Å². The van der Waals surface area contributed by atoms with E-state index in [1.54, 1.807) is 0 Å². The molecule has 0 spiro atoms. The monoisotopic (exact) mass is 1030 g/mol. The van der Waals surface area contributed by atoms with E-state index in [-0.39, 0.29) is 19.1 Å². The van der Waals surface area contributed by atoms with Crippen LogP contribution in [0.3, 0.4) is 0 Å². The number of unbranched alkanes of at least 4 members (excludes halogenated alkanes) is 33. The molecule has 72 heavy (non-hydrogen) atoms. The quantitative estimate of drug-likeness (QED) is 0.0243. The minimum atomic E-state index is -4.34. The van der Waals surface area contributed by atoms with Gasteiger partial charge in [-0.1, -0.05) is 286 Å². The summed E-state index contributed by atoms with van der Waals surface area (Å²) in [6.07, 6.45) is 73.2. The Morgan fingerprint density at radius 2 is 0.819 bits per heavy atom. The molecule has 0 fully saturated rings. The highest BCUT2D eigenvalue weighted by molar-refractivity contribution is 7.47. The van der Waals surface area contributed by atoms with E-state index in [2.05, 4.69) is 79.9 Å². The standard InChI is InChI=1S/C63H119N2O6P/c1-6-8-10-12-14-16-18-20-22-24-25-26-27-28-29-30-31-32-33-34-35-36-37-38-39-41-42-44-46-48-50-52-54-56-62(66)61(60-71-72(68,69)70-59-58-65(3,4)5)64-63(67)57-55-53-51-49-47-45-43-40-23-21-19-17-15-13-11-9-7-2/h9,11,15,17,21,23,43,45,49,51,61-62,66H,6-8,10,12-14,16,18-20,22,24-42,44,46-48,50,52-60H2,1-5H3,(H-,64,67,68,69)/p+1/b11-9-,17-15-,23-21-,45-43-,51-49-. The molecule has 0 aliphatic heterocycles. The van der Waals surface area contributed by atoms with Crippen molar-refractivity contribution in [1.29, 1.82) is 0 Å². The maximum Gasteiger partial charge on any atom is 0.472 e. The van der Waals surface area contributed by atoms with Gasteiger partial charge in [0.05, 0.1) is 39.9 Å². The van der Waals surface area contributed by atoms with E-state index in [0.717, 1.165) is 57.8 Å². The fourth-order valence-electron chi connectivity index (χ4n) is 9.03. The van der Waals surface area contributed by atoms with Crippen molar-refractivity contribution in [1.82, 2.24) is 5.32 Å². The zero-order chi connectivity index (χ0) is 52.7. The summed E-state index contributed by atoms with van der Waals surface area (Å²) in [4.78, 5) is 23.3. The van der Waals surface area contributed by atoms with E-state index in [9.17, 15) is 19.4 Å². The minimum absolute atomic E-state index is 0.0619. The number of aliphatic hydroxyl groups excluding tert-OH is 1. The Kier molecular flexibility index (Phi) is 52.7. The molecule has 0 heterocycles. The van der Waals surface area contributed by atoms with E-state index < -0.39 is 20.0 Å². The Labute approximate surface area is 447 Å². The topological polar surface area (TPSA) is 105 Å². The van der Waals surface area contributed by atoms with Crippen LogP contribution >= 0.6 is 7.82 Å². The van der Waals surface area contributed by atoms with Crippen LogP contribution in [0.5, 0.6) is 0 Å². The first-order valence-corrected chi connectivity index (χ1v) is 32.1. The Morgan fingerprint density at radius 3 is 1.17 bits per heavy atom. The largest absolute Gasteiger partial charge is 0.472 e. The van der Waals surface area contributed by atoms with Crippen LogP contribution in [0.2, 0.25) is 0 Å². The number of hydrogen-bond acceptors (Lipinski definition) is 5. The van der Waals surface area contributed by atoms with Crippen molar-refractivity contribution in [2.45, 2.75) is 296 Å². The average Bonchev–Trinajstić information content (AvgIpc) is 3.34. The average molecular weight is 1030 g/mol. The summed E-state index contributed by atoms with van der Waals surface area (Å²) in [6.45, 7) is 4.75. The number of allylic oxidation sites excluding steroid dienone is 10. The number of aliphatic hydroxyl groups is 1. The van der Waals surface area contributed by atoms with E-state index >= 15 is 0 Å². The summed E-state index contributed by atoms with van der Waals surface area (Å²) < 4.78 is 23.8. The number of carbonyl (C=O) groups is 1. The maximum atomic E-state index is 13.0. The zero-order valence-electron chi connectivity index (χ0n) is 48.2. The van der Waals surface area contributed by atoms with Crippen LogP contribution in [0.15, 0.2) is 60.8 Å². The van der Waals surface area contributed by atoms with Gasteiger partial charge in [0.1, 0.15) is 13.2 Å². The van der Waals surface area contributed by atoms with Gasteiger partial charge in [-0.3, -0.25) is 13.8 Å². The number of quaternary nitrogens is 1. The molecule has 0 saturated carbocycles. The molecule has 8 nitrogen and oxygen atoms in total. The predicted octanol–water partition coefficient (Wildman–Crippen LogP) is 18.9. The molecule has 0 aromatic rings. The first-order chi connectivity index (χ1) is 35.0. The Balaban J connectivity index is 4.06. The van der Waals surface area contributed by atoms with Gasteiger partial charge in [-0.15, -0.1) is 0 Å². The summed E-state index contributed by atoms with van der Waals surface area (Å²) in [6, 6.07) is -0.794. The van der Waals surface area contributed by atoms with E-state index in [1.165, 1.54) is 193 Å². The summed E-state index contributed by atoms with van der Waals surface area (Å²) >= 11 is 0. The lowest BCUT2D eigenvalue weighted by Gasteiger charge is -2.26. The number of nitrogens with one attached hydrogen (secondary N) is 1. The van der Waals surface area contributed by atoms with Gasteiger partial charge in [-0.2, -0.15) is 0 Å². The molecule has 0 aromatic heterocycles. The van der Waals surface area contributed by atoms with Crippen LogP contribution in [0.4, 0.5) is 0 Å². The number of amides is 1. The van der Waals surface area contributed by atoms with Crippen LogP contribution in [0.25, 0.3) is 0 Å². The number of likely N-dealkylation sites (N-methyl/N-ethyl adjacent to an activating group) is 1. The smallest absolute Gasteiger partial charge is 0.391 e. The minimum Gasteiger partial charge on any atom is -0.391 e. The SMILES string of the molecule is CC/C=C\C/C=C\C/C=C\C/C=C\C/C=C\CCCC(=O)NC(COP(=O)(O)OCC[N+](C)(C)C)C(O)CCCCCCCCCCCCCCCCCCCCCCCCCCCCCCCCCCC. The molecule has 3 N–H and O–H groups in total. The summed E-state index contributed by atoms with van der Waals surface area (Å²) in [5.41, 5.74) is 0. The van der Waals surface area contributed by atoms with Crippen LogP contribution < -0.4 is 5.32 Å². The first-order valence-electron chi connectivity index (χ1n) is 30.7. The molecule has 0 aliphatic rings. The third-order valence-electron chi connectivity index (χ3n) is 13.8. The number of phosphoric acid groups is 1. The molecule has 1 amide bonds. The molecule has 0 rings (SSSR count). The zero-order valence-corrected chi connectivity index (χ0v) is 49.1. The van der Waals surface area contributed by atoms with Gasteiger partial charge in [0.2, 0.25) is 5.91 Å².